The zero-order chi connectivity index (χ0) is 6.53. The molecule has 50 valence electrons. The molecule has 0 spiro atoms. The molecule has 0 N–H and O–H groups in total. The third-order valence-electron chi connectivity index (χ3n) is 1.57. The van der Waals surface area contributed by atoms with E-state index >= 15 is 0 Å². The predicted molar refractivity (Wildman–Crippen MR) is 40.0 cm³/mol. The van der Waals surface area contributed by atoms with E-state index in [1.807, 2.05) is 0 Å². The summed E-state index contributed by atoms with van der Waals surface area (Å²) in [7, 11) is 0. The monoisotopic (exact) mass is 144 g/mol. The molecule has 1 aliphatic rings. The van der Waals surface area contributed by atoms with Gasteiger partial charge in [0.05, 0.1) is 0 Å². The Bertz CT molecular complexity index is 134. The maximum atomic E-state index is 3.30. The zero-order valence-electron chi connectivity index (χ0n) is 6.98. The van der Waals surface area contributed by atoms with E-state index in [0.29, 0.717) is 0 Å². The minimum Gasteiger partial charge on any atom is -0.269 e. The summed E-state index contributed by atoms with van der Waals surface area (Å²) >= 11 is 0. The number of allylic oxidation sites excluding steroid dienone is 4. The van der Waals surface area contributed by atoms with E-state index in [1.54, 1.807) is 0 Å². The fraction of sp³-hybridized carbons (Fsp3) is 0.556. The van der Waals surface area contributed by atoms with E-state index in [9.17, 15) is 0 Å². The van der Waals surface area contributed by atoms with Gasteiger partial charge in [-0.3, -0.25) is 6.08 Å². The normalized spacial score (nSPS) is 14.7. The molecule has 10 heavy (non-hydrogen) atoms. The van der Waals surface area contributed by atoms with Gasteiger partial charge in [0, 0.05) is 0 Å². The van der Waals surface area contributed by atoms with Crippen molar-refractivity contribution < 1.29 is 29.6 Å². The number of hydrogen-bond acceptors (Lipinski definition) is 0. The van der Waals surface area contributed by atoms with Gasteiger partial charge in [0.15, 0.2) is 0 Å². The average molecular weight is 144 g/mol. The molecule has 0 saturated carbocycles. The summed E-state index contributed by atoms with van der Waals surface area (Å²) in [4.78, 5) is 0. The molecule has 0 unspecified atom stereocenters. The molecule has 0 bridgehead atoms. The maximum absolute atomic E-state index is 3.30. The number of rotatable bonds is 3. The zero-order valence-corrected chi connectivity index (χ0v) is 8.98. The Hall–Kier alpha value is 0.480. The van der Waals surface area contributed by atoms with Crippen LogP contribution < -0.4 is 29.6 Å². The van der Waals surface area contributed by atoms with Crippen molar-refractivity contribution in [2.45, 2.75) is 32.6 Å². The van der Waals surface area contributed by atoms with Crippen LogP contribution in [0.4, 0.5) is 0 Å². The van der Waals surface area contributed by atoms with Gasteiger partial charge in [-0.2, -0.15) is 6.08 Å². The third-order valence-corrected chi connectivity index (χ3v) is 1.57. The Morgan fingerprint density at radius 1 is 1.60 bits per heavy atom. The second-order valence-corrected chi connectivity index (χ2v) is 2.41. The quantitative estimate of drug-likeness (QED) is 0.382. The first-order valence-electron chi connectivity index (χ1n) is 3.69. The standard InChI is InChI=1S/C9H13.Na/c1-2-3-6-9-7-4-5-8-9;/h4,7H,2-3,5-6H2,1H3;/q-1;+1. The molecule has 0 fully saturated rings. The Kier molecular flexibility index (Phi) is 6.50. The van der Waals surface area contributed by atoms with Gasteiger partial charge in [-0.25, -0.2) is 11.6 Å². The third kappa shape index (κ3) is 3.60. The molecule has 0 radical (unpaired) electrons. The maximum Gasteiger partial charge on any atom is 1.00 e. The largest absolute Gasteiger partial charge is 1.00 e. The molecule has 0 amide bonds. The SMILES string of the molecule is CCCCC1=[C-]CC=C1.[Na+]. The molecule has 0 aromatic carbocycles. The minimum atomic E-state index is 0. The second kappa shape index (κ2) is 6.21. The minimum absolute atomic E-state index is 0. The van der Waals surface area contributed by atoms with Crippen molar-refractivity contribution in [2.75, 3.05) is 0 Å². The van der Waals surface area contributed by atoms with Crippen molar-refractivity contribution in [3.63, 3.8) is 0 Å². The van der Waals surface area contributed by atoms with E-state index in [2.05, 4.69) is 25.2 Å². The van der Waals surface area contributed by atoms with Crippen LogP contribution in [-0.4, -0.2) is 0 Å². The van der Waals surface area contributed by atoms with E-state index in [4.69, 9.17) is 0 Å². The van der Waals surface area contributed by atoms with Gasteiger partial charge in [-0.1, -0.05) is 26.2 Å². The summed E-state index contributed by atoms with van der Waals surface area (Å²) < 4.78 is 0. The van der Waals surface area contributed by atoms with Crippen LogP contribution in [0.25, 0.3) is 0 Å². The average Bonchev–Trinajstić information content (AvgIpc) is 2.34. The molecular formula is C9H13Na. The van der Waals surface area contributed by atoms with Crippen LogP contribution in [0, 0.1) is 6.08 Å². The van der Waals surface area contributed by atoms with Crippen LogP contribution in [0.5, 0.6) is 0 Å². The molecule has 1 rings (SSSR count). The summed E-state index contributed by atoms with van der Waals surface area (Å²) in [6.45, 7) is 2.22. The Morgan fingerprint density at radius 3 is 2.90 bits per heavy atom. The van der Waals surface area contributed by atoms with Crippen LogP contribution in [0.2, 0.25) is 0 Å². The van der Waals surface area contributed by atoms with Gasteiger partial charge >= 0.3 is 29.6 Å². The van der Waals surface area contributed by atoms with Crippen LogP contribution in [0.1, 0.15) is 32.6 Å². The molecule has 0 nitrogen and oxygen atoms in total. The summed E-state index contributed by atoms with van der Waals surface area (Å²) in [6, 6.07) is 0. The number of unbranched alkanes of at least 4 members (excludes halogenated alkanes) is 1. The smallest absolute Gasteiger partial charge is 0.269 e. The Balaban J connectivity index is 0.000000810. The van der Waals surface area contributed by atoms with Crippen LogP contribution >= 0.6 is 0 Å². The van der Waals surface area contributed by atoms with Gasteiger partial charge in [-0.15, -0.1) is 6.42 Å². The summed E-state index contributed by atoms with van der Waals surface area (Å²) in [6.07, 6.45) is 12.5. The summed E-state index contributed by atoms with van der Waals surface area (Å²) in [5.41, 5.74) is 1.41. The predicted octanol–water partition coefficient (Wildman–Crippen LogP) is -0.130. The molecule has 0 aliphatic heterocycles. The topological polar surface area (TPSA) is 0 Å². The molecule has 0 saturated heterocycles. The fourth-order valence-corrected chi connectivity index (χ4v) is 0.989. The van der Waals surface area contributed by atoms with E-state index in [-0.39, 0.29) is 29.6 Å². The van der Waals surface area contributed by atoms with Gasteiger partial charge in [0.25, 0.3) is 0 Å². The number of hydrogen-bond donors (Lipinski definition) is 0. The van der Waals surface area contributed by atoms with E-state index in [1.165, 1.54) is 24.8 Å². The fourth-order valence-electron chi connectivity index (χ4n) is 0.989. The van der Waals surface area contributed by atoms with Crippen molar-refractivity contribution >= 4 is 0 Å². The first-order valence-corrected chi connectivity index (χ1v) is 3.69. The summed E-state index contributed by atoms with van der Waals surface area (Å²) in [5, 5.41) is 0. The van der Waals surface area contributed by atoms with Crippen molar-refractivity contribution in [3.05, 3.63) is 23.8 Å². The van der Waals surface area contributed by atoms with E-state index in [0.717, 1.165) is 6.42 Å². The second-order valence-electron chi connectivity index (χ2n) is 2.41. The van der Waals surface area contributed by atoms with Crippen molar-refractivity contribution in [1.82, 2.24) is 0 Å². The molecule has 0 heterocycles. The van der Waals surface area contributed by atoms with Crippen molar-refractivity contribution in [3.8, 4) is 0 Å². The Morgan fingerprint density at radius 2 is 2.40 bits per heavy atom. The van der Waals surface area contributed by atoms with Crippen LogP contribution in [0.15, 0.2) is 17.7 Å². The van der Waals surface area contributed by atoms with Crippen LogP contribution in [0.3, 0.4) is 0 Å². The molecule has 0 aromatic rings. The van der Waals surface area contributed by atoms with E-state index < -0.39 is 0 Å². The summed E-state index contributed by atoms with van der Waals surface area (Å²) in [5.74, 6) is 0. The van der Waals surface area contributed by atoms with Gasteiger partial charge < -0.3 is 0 Å². The molecule has 1 heteroatoms. The Labute approximate surface area is 85.7 Å². The molecule has 1 aliphatic carbocycles. The van der Waals surface area contributed by atoms with Gasteiger partial charge in [0.1, 0.15) is 0 Å². The molecular weight excluding hydrogens is 131 g/mol. The van der Waals surface area contributed by atoms with Gasteiger partial charge in [-0.05, 0) is 0 Å². The first kappa shape index (κ1) is 10.5. The first-order chi connectivity index (χ1) is 4.43. The molecule has 0 aromatic heterocycles. The molecule has 0 atom stereocenters. The van der Waals surface area contributed by atoms with Crippen molar-refractivity contribution in [1.29, 1.82) is 0 Å². The van der Waals surface area contributed by atoms with Crippen LogP contribution in [-0.2, 0) is 0 Å². The van der Waals surface area contributed by atoms with Gasteiger partial charge in [0.2, 0.25) is 0 Å². The van der Waals surface area contributed by atoms with Crippen molar-refractivity contribution in [2.24, 2.45) is 0 Å².